The summed E-state index contributed by atoms with van der Waals surface area (Å²) >= 11 is 0. The van der Waals surface area contributed by atoms with Crippen LogP contribution in [0.1, 0.15) is 29.6 Å². The fourth-order valence-corrected chi connectivity index (χ4v) is 3.70. The minimum Gasteiger partial charge on any atom is -0.478 e. The van der Waals surface area contributed by atoms with Gasteiger partial charge in [0.15, 0.2) is 0 Å². The molecule has 2 atom stereocenters. The molecular formula is C16H16N2O2. The molecule has 4 heteroatoms. The van der Waals surface area contributed by atoms with Crippen molar-refractivity contribution in [2.75, 3.05) is 11.4 Å². The topological polar surface area (TPSA) is 53.4 Å². The van der Waals surface area contributed by atoms with Crippen LogP contribution in [0.3, 0.4) is 0 Å². The van der Waals surface area contributed by atoms with Crippen molar-refractivity contribution < 1.29 is 9.90 Å². The van der Waals surface area contributed by atoms with Crippen LogP contribution in [0.5, 0.6) is 0 Å². The van der Waals surface area contributed by atoms with Crippen LogP contribution in [0.15, 0.2) is 30.3 Å². The lowest BCUT2D eigenvalue weighted by Gasteiger charge is -2.28. The van der Waals surface area contributed by atoms with Crippen molar-refractivity contribution in [1.29, 1.82) is 0 Å². The van der Waals surface area contributed by atoms with Crippen LogP contribution < -0.4 is 4.90 Å². The molecular weight excluding hydrogens is 252 g/mol. The van der Waals surface area contributed by atoms with E-state index in [0.717, 1.165) is 23.8 Å². The molecule has 0 spiro atoms. The summed E-state index contributed by atoms with van der Waals surface area (Å²) < 4.78 is 0. The normalized spacial score (nSPS) is 24.5. The molecule has 1 aliphatic heterocycles. The molecule has 1 saturated carbocycles. The molecule has 1 N–H and O–H groups in total. The number of hydrogen-bond acceptors (Lipinski definition) is 3. The highest BCUT2D eigenvalue weighted by Gasteiger charge is 2.38. The molecule has 2 aromatic rings. The van der Waals surface area contributed by atoms with Crippen molar-refractivity contribution in [1.82, 2.24) is 4.98 Å². The number of piperidine rings is 1. The summed E-state index contributed by atoms with van der Waals surface area (Å²) in [6.45, 7) is 1.10. The van der Waals surface area contributed by atoms with E-state index in [9.17, 15) is 9.90 Å². The van der Waals surface area contributed by atoms with Gasteiger partial charge >= 0.3 is 5.97 Å². The number of aromatic carboxylic acids is 1. The zero-order chi connectivity index (χ0) is 13.7. The Morgan fingerprint density at radius 2 is 2.15 bits per heavy atom. The molecule has 2 heterocycles. The molecule has 4 rings (SSSR count). The SMILES string of the molecule is O=C(O)c1cccc2nc(N3CC4CCC3C4)ccc12. The minimum atomic E-state index is -0.898. The Morgan fingerprint density at radius 3 is 2.85 bits per heavy atom. The number of fused-ring (bicyclic) bond motifs is 3. The smallest absolute Gasteiger partial charge is 0.336 e. The number of nitrogens with zero attached hydrogens (tertiary/aromatic N) is 2. The lowest BCUT2D eigenvalue weighted by atomic mass is 10.1. The van der Waals surface area contributed by atoms with Gasteiger partial charge in [-0.15, -0.1) is 0 Å². The maximum absolute atomic E-state index is 11.2. The van der Waals surface area contributed by atoms with E-state index >= 15 is 0 Å². The first-order valence-corrected chi connectivity index (χ1v) is 7.12. The largest absolute Gasteiger partial charge is 0.478 e. The Morgan fingerprint density at radius 1 is 1.25 bits per heavy atom. The zero-order valence-electron chi connectivity index (χ0n) is 11.1. The zero-order valence-corrected chi connectivity index (χ0v) is 11.1. The number of rotatable bonds is 2. The van der Waals surface area contributed by atoms with Gasteiger partial charge in [-0.1, -0.05) is 6.07 Å². The van der Waals surface area contributed by atoms with Gasteiger partial charge in [-0.2, -0.15) is 0 Å². The summed E-state index contributed by atoms with van der Waals surface area (Å²) in [5.74, 6) is 0.917. The van der Waals surface area contributed by atoms with Crippen molar-refractivity contribution in [3.8, 4) is 0 Å². The Labute approximate surface area is 117 Å². The van der Waals surface area contributed by atoms with E-state index in [1.165, 1.54) is 19.3 Å². The van der Waals surface area contributed by atoms with Gasteiger partial charge in [0.1, 0.15) is 5.82 Å². The number of benzene rings is 1. The van der Waals surface area contributed by atoms with Gasteiger partial charge in [-0.3, -0.25) is 0 Å². The number of carboxylic acids is 1. The van der Waals surface area contributed by atoms with Crippen molar-refractivity contribution >= 4 is 22.7 Å². The van der Waals surface area contributed by atoms with Crippen LogP contribution in [-0.2, 0) is 0 Å². The monoisotopic (exact) mass is 268 g/mol. The number of aromatic nitrogens is 1. The number of hydrogen-bond donors (Lipinski definition) is 1. The quantitative estimate of drug-likeness (QED) is 0.910. The molecule has 1 aromatic heterocycles. The molecule has 102 valence electrons. The third-order valence-electron chi connectivity index (χ3n) is 4.65. The van der Waals surface area contributed by atoms with Crippen LogP contribution in [0.4, 0.5) is 5.82 Å². The standard InChI is InChI=1S/C16H16N2O2/c19-16(20)13-2-1-3-14-12(13)6-7-15(17-14)18-9-10-4-5-11(18)8-10/h1-3,6-7,10-11H,4-5,8-9H2,(H,19,20). The summed E-state index contributed by atoms with van der Waals surface area (Å²) in [5.41, 5.74) is 1.09. The molecule has 1 saturated heterocycles. The number of carbonyl (C=O) groups is 1. The minimum absolute atomic E-state index is 0.324. The third kappa shape index (κ3) is 1.68. The van der Waals surface area contributed by atoms with Crippen LogP contribution >= 0.6 is 0 Å². The lowest BCUT2D eigenvalue weighted by Crippen LogP contribution is -2.32. The van der Waals surface area contributed by atoms with Gasteiger partial charge in [-0.25, -0.2) is 9.78 Å². The summed E-state index contributed by atoms with van der Waals surface area (Å²) in [7, 11) is 0. The average molecular weight is 268 g/mol. The van der Waals surface area contributed by atoms with Crippen LogP contribution in [0, 0.1) is 5.92 Å². The number of carboxylic acid groups (broad SMARTS) is 1. The predicted molar refractivity (Wildman–Crippen MR) is 77.2 cm³/mol. The van der Waals surface area contributed by atoms with Crippen LogP contribution in [0.25, 0.3) is 10.9 Å². The fourth-order valence-electron chi connectivity index (χ4n) is 3.70. The van der Waals surface area contributed by atoms with E-state index < -0.39 is 5.97 Å². The second kappa shape index (κ2) is 4.20. The van der Waals surface area contributed by atoms with E-state index in [2.05, 4.69) is 9.88 Å². The van der Waals surface area contributed by atoms with Gasteiger partial charge in [0.2, 0.25) is 0 Å². The van der Waals surface area contributed by atoms with Gasteiger partial charge < -0.3 is 10.0 Å². The van der Waals surface area contributed by atoms with Crippen molar-refractivity contribution in [3.05, 3.63) is 35.9 Å². The van der Waals surface area contributed by atoms with Crippen molar-refractivity contribution in [3.63, 3.8) is 0 Å². The summed E-state index contributed by atoms with van der Waals surface area (Å²) in [6.07, 6.45) is 3.90. The Balaban J connectivity index is 1.78. The highest BCUT2D eigenvalue weighted by atomic mass is 16.4. The molecule has 4 nitrogen and oxygen atoms in total. The molecule has 0 radical (unpaired) electrons. The average Bonchev–Trinajstić information content (AvgIpc) is 3.08. The first-order valence-electron chi connectivity index (χ1n) is 7.12. The summed E-state index contributed by atoms with van der Waals surface area (Å²) in [5, 5.41) is 9.93. The van der Waals surface area contributed by atoms with Crippen molar-refractivity contribution in [2.45, 2.75) is 25.3 Å². The molecule has 2 aliphatic rings. The van der Waals surface area contributed by atoms with Gasteiger partial charge in [-0.05, 0) is 49.4 Å². The molecule has 1 aliphatic carbocycles. The fraction of sp³-hybridized carbons (Fsp3) is 0.375. The maximum atomic E-state index is 11.2. The first-order chi connectivity index (χ1) is 9.72. The molecule has 2 fully saturated rings. The molecule has 0 amide bonds. The molecule has 2 bridgehead atoms. The van der Waals surface area contributed by atoms with E-state index in [4.69, 9.17) is 0 Å². The van der Waals surface area contributed by atoms with Crippen molar-refractivity contribution in [2.24, 2.45) is 5.92 Å². The van der Waals surface area contributed by atoms with Gasteiger partial charge in [0.25, 0.3) is 0 Å². The van der Waals surface area contributed by atoms with Crippen LogP contribution in [0.2, 0.25) is 0 Å². The maximum Gasteiger partial charge on any atom is 0.336 e. The van der Waals surface area contributed by atoms with E-state index in [1.54, 1.807) is 12.1 Å². The van der Waals surface area contributed by atoms with E-state index in [-0.39, 0.29) is 0 Å². The highest BCUT2D eigenvalue weighted by molar-refractivity contribution is 6.02. The predicted octanol–water partition coefficient (Wildman–Crippen LogP) is 2.92. The first kappa shape index (κ1) is 11.7. The van der Waals surface area contributed by atoms with Gasteiger partial charge in [0, 0.05) is 18.0 Å². The summed E-state index contributed by atoms with van der Waals surface area (Å²) in [4.78, 5) is 18.3. The number of pyridine rings is 1. The molecule has 20 heavy (non-hydrogen) atoms. The lowest BCUT2D eigenvalue weighted by molar-refractivity contribution is 0.0699. The van der Waals surface area contributed by atoms with E-state index in [1.807, 2.05) is 18.2 Å². The second-order valence-electron chi connectivity index (χ2n) is 5.83. The second-order valence-corrected chi connectivity index (χ2v) is 5.83. The summed E-state index contributed by atoms with van der Waals surface area (Å²) in [6, 6.07) is 9.78. The van der Waals surface area contributed by atoms with E-state index in [0.29, 0.717) is 17.0 Å². The third-order valence-corrected chi connectivity index (χ3v) is 4.65. The Hall–Kier alpha value is -2.10. The highest BCUT2D eigenvalue weighted by Crippen LogP contribution is 2.39. The Kier molecular flexibility index (Phi) is 2.46. The van der Waals surface area contributed by atoms with Crippen LogP contribution in [-0.4, -0.2) is 28.6 Å². The van der Waals surface area contributed by atoms with Gasteiger partial charge in [0.05, 0.1) is 11.1 Å². The molecule has 2 unspecified atom stereocenters. The number of anilines is 1. The Bertz CT molecular complexity index is 698. The molecule has 1 aromatic carbocycles.